The molecule has 0 atom stereocenters. The molecule has 0 spiro atoms. The van der Waals surface area contributed by atoms with Crippen molar-refractivity contribution in [2.45, 2.75) is 0 Å². The summed E-state index contributed by atoms with van der Waals surface area (Å²) >= 11 is 12.2. The summed E-state index contributed by atoms with van der Waals surface area (Å²) in [6, 6.07) is 27.6. The molecular formula is C26H17Cl2N5O2. The predicted molar refractivity (Wildman–Crippen MR) is 136 cm³/mol. The van der Waals surface area contributed by atoms with Gasteiger partial charge in [0.15, 0.2) is 5.82 Å². The third-order valence-electron chi connectivity index (χ3n) is 5.02. The number of carbonyl (C=O) groups excluding carboxylic acids is 1. The van der Waals surface area contributed by atoms with E-state index in [2.05, 4.69) is 20.6 Å². The molecule has 0 aliphatic rings. The van der Waals surface area contributed by atoms with Crippen LogP contribution in [0.25, 0.3) is 28.4 Å². The van der Waals surface area contributed by atoms with Crippen LogP contribution in [-0.2, 0) is 0 Å². The Balaban J connectivity index is 1.35. The van der Waals surface area contributed by atoms with Gasteiger partial charge in [0.1, 0.15) is 11.5 Å². The lowest BCUT2D eigenvalue weighted by atomic mass is 10.2. The number of nitrogens with one attached hydrogen (secondary N) is 1. The second kappa shape index (κ2) is 9.97. The first-order valence-electron chi connectivity index (χ1n) is 10.5. The first-order chi connectivity index (χ1) is 17.1. The van der Waals surface area contributed by atoms with Crippen molar-refractivity contribution in [3.8, 4) is 28.4 Å². The molecule has 35 heavy (non-hydrogen) atoms. The maximum absolute atomic E-state index is 12.7. The average molecular weight is 502 g/mol. The van der Waals surface area contributed by atoms with E-state index in [0.717, 1.165) is 11.3 Å². The van der Waals surface area contributed by atoms with E-state index in [1.807, 2.05) is 60.7 Å². The molecule has 2 aromatic heterocycles. The van der Waals surface area contributed by atoms with Crippen LogP contribution in [0.1, 0.15) is 16.4 Å². The van der Waals surface area contributed by atoms with Crippen LogP contribution in [0.4, 0.5) is 0 Å². The first kappa shape index (κ1) is 22.6. The lowest BCUT2D eigenvalue weighted by Gasteiger charge is -2.05. The summed E-state index contributed by atoms with van der Waals surface area (Å²) < 4.78 is 7.38. The van der Waals surface area contributed by atoms with Gasteiger partial charge < -0.3 is 4.42 Å². The fraction of sp³-hybridized carbons (Fsp3) is 0. The summed E-state index contributed by atoms with van der Waals surface area (Å²) in [5.74, 6) is 0.953. The van der Waals surface area contributed by atoms with Crippen molar-refractivity contribution in [1.29, 1.82) is 0 Å². The van der Waals surface area contributed by atoms with E-state index >= 15 is 0 Å². The van der Waals surface area contributed by atoms with E-state index in [9.17, 15) is 4.79 Å². The number of amides is 1. The monoisotopic (exact) mass is 501 g/mol. The fourth-order valence-electron chi connectivity index (χ4n) is 3.39. The minimum atomic E-state index is -0.555. The highest BCUT2D eigenvalue weighted by Gasteiger charge is 2.18. The van der Waals surface area contributed by atoms with Gasteiger partial charge in [-0.25, -0.2) is 15.1 Å². The highest BCUT2D eigenvalue weighted by molar-refractivity contribution is 6.36. The van der Waals surface area contributed by atoms with Gasteiger partial charge in [-0.2, -0.15) is 5.10 Å². The van der Waals surface area contributed by atoms with E-state index in [1.54, 1.807) is 35.0 Å². The number of aromatic nitrogens is 3. The van der Waals surface area contributed by atoms with Crippen LogP contribution in [0.2, 0.25) is 10.0 Å². The molecule has 5 aromatic rings. The Bertz CT molecular complexity index is 1450. The molecule has 0 aliphatic carbocycles. The molecule has 9 heteroatoms. The smallest absolute Gasteiger partial charge is 0.311 e. The van der Waals surface area contributed by atoms with Gasteiger partial charge in [0.2, 0.25) is 5.82 Å². The average Bonchev–Trinajstić information content (AvgIpc) is 3.53. The largest absolute Gasteiger partial charge is 0.455 e. The molecule has 2 heterocycles. The van der Waals surface area contributed by atoms with Gasteiger partial charge in [0.25, 0.3) is 0 Å². The standard InChI is InChI=1S/C26H17Cl2N5O2/c27-18-11-13-21(22(28)15-18)23-14-12-20(35-23)16-29-31-26(34)24-30-25(17-7-3-1-4-8-17)33(32-24)19-9-5-2-6-10-19/h1-16H,(H,31,34)/b29-16+. The van der Waals surface area contributed by atoms with Gasteiger partial charge >= 0.3 is 5.91 Å². The van der Waals surface area contributed by atoms with Crippen molar-refractivity contribution < 1.29 is 9.21 Å². The molecule has 3 aromatic carbocycles. The Kier molecular flexibility index (Phi) is 6.43. The highest BCUT2D eigenvalue weighted by Crippen LogP contribution is 2.31. The summed E-state index contributed by atoms with van der Waals surface area (Å²) in [6.07, 6.45) is 1.39. The molecule has 0 bridgehead atoms. The quantitative estimate of drug-likeness (QED) is 0.219. The number of carbonyl (C=O) groups is 1. The summed E-state index contributed by atoms with van der Waals surface area (Å²) in [7, 11) is 0. The summed E-state index contributed by atoms with van der Waals surface area (Å²) in [6.45, 7) is 0. The lowest BCUT2D eigenvalue weighted by molar-refractivity contribution is 0.0945. The molecule has 172 valence electrons. The summed E-state index contributed by atoms with van der Waals surface area (Å²) in [5, 5.41) is 9.40. The van der Waals surface area contributed by atoms with Crippen LogP contribution >= 0.6 is 23.2 Å². The molecule has 7 nitrogen and oxygen atoms in total. The minimum absolute atomic E-state index is 0.0158. The third-order valence-corrected chi connectivity index (χ3v) is 5.57. The number of rotatable bonds is 6. The van der Waals surface area contributed by atoms with Crippen LogP contribution in [0, 0.1) is 0 Å². The SMILES string of the molecule is O=C(N/N=C/c1ccc(-c2ccc(Cl)cc2Cl)o1)c1nc(-c2ccccc2)n(-c2ccccc2)n1. The Morgan fingerprint density at radius 3 is 2.43 bits per heavy atom. The molecule has 1 N–H and O–H groups in total. The number of para-hydroxylation sites is 1. The lowest BCUT2D eigenvalue weighted by Crippen LogP contribution is -2.19. The second-order valence-electron chi connectivity index (χ2n) is 7.40. The fourth-order valence-corrected chi connectivity index (χ4v) is 3.89. The predicted octanol–water partition coefficient (Wildman–Crippen LogP) is 6.27. The zero-order valence-corrected chi connectivity index (χ0v) is 19.6. The molecule has 0 radical (unpaired) electrons. The molecule has 1 amide bonds. The number of furan rings is 1. The minimum Gasteiger partial charge on any atom is -0.455 e. The summed E-state index contributed by atoms with van der Waals surface area (Å²) in [5.41, 5.74) is 4.76. The topological polar surface area (TPSA) is 85.3 Å². The second-order valence-corrected chi connectivity index (χ2v) is 8.24. The molecule has 0 saturated carbocycles. The molecule has 0 fully saturated rings. The normalized spacial score (nSPS) is 11.1. The van der Waals surface area contributed by atoms with Crippen molar-refractivity contribution in [1.82, 2.24) is 20.2 Å². The van der Waals surface area contributed by atoms with Gasteiger partial charge in [0, 0.05) is 16.1 Å². The van der Waals surface area contributed by atoms with Crippen molar-refractivity contribution in [2.24, 2.45) is 5.10 Å². The molecule has 0 unspecified atom stereocenters. The van der Waals surface area contributed by atoms with E-state index < -0.39 is 5.91 Å². The van der Waals surface area contributed by atoms with Gasteiger partial charge in [-0.15, -0.1) is 5.10 Å². The summed E-state index contributed by atoms with van der Waals surface area (Å²) in [4.78, 5) is 17.2. The van der Waals surface area contributed by atoms with E-state index in [-0.39, 0.29) is 5.82 Å². The first-order valence-corrected chi connectivity index (χ1v) is 11.3. The van der Waals surface area contributed by atoms with Crippen LogP contribution < -0.4 is 5.43 Å². The number of nitrogens with zero attached hydrogens (tertiary/aromatic N) is 4. The molecule has 0 aliphatic heterocycles. The maximum Gasteiger partial charge on any atom is 0.311 e. The number of hydrogen-bond acceptors (Lipinski definition) is 5. The molecule has 0 saturated heterocycles. The zero-order valence-electron chi connectivity index (χ0n) is 18.1. The zero-order chi connectivity index (χ0) is 24.2. The van der Waals surface area contributed by atoms with Crippen molar-refractivity contribution in [2.75, 3.05) is 0 Å². The van der Waals surface area contributed by atoms with E-state index in [0.29, 0.717) is 33.0 Å². The number of benzene rings is 3. The molecular weight excluding hydrogens is 485 g/mol. The highest BCUT2D eigenvalue weighted by atomic mass is 35.5. The van der Waals surface area contributed by atoms with Crippen LogP contribution in [0.5, 0.6) is 0 Å². The Hall–Kier alpha value is -4.20. The van der Waals surface area contributed by atoms with Gasteiger partial charge in [-0.3, -0.25) is 4.79 Å². The third kappa shape index (κ3) is 5.01. The van der Waals surface area contributed by atoms with Crippen molar-refractivity contribution in [3.05, 3.63) is 113 Å². The van der Waals surface area contributed by atoms with Crippen molar-refractivity contribution >= 4 is 35.3 Å². The Labute approximate surface area is 210 Å². The van der Waals surface area contributed by atoms with Gasteiger partial charge in [-0.1, -0.05) is 71.7 Å². The van der Waals surface area contributed by atoms with Gasteiger partial charge in [0.05, 0.1) is 16.9 Å². The molecule has 5 rings (SSSR count). The van der Waals surface area contributed by atoms with Crippen LogP contribution in [0.15, 0.2) is 101 Å². The van der Waals surface area contributed by atoms with Crippen molar-refractivity contribution in [3.63, 3.8) is 0 Å². The maximum atomic E-state index is 12.7. The Morgan fingerprint density at radius 2 is 1.69 bits per heavy atom. The van der Waals surface area contributed by atoms with Crippen LogP contribution in [-0.4, -0.2) is 26.9 Å². The number of halogens is 2. The number of hydrazone groups is 1. The van der Waals surface area contributed by atoms with Gasteiger partial charge in [-0.05, 0) is 42.5 Å². The number of hydrogen-bond donors (Lipinski definition) is 1. The van der Waals surface area contributed by atoms with E-state index in [1.165, 1.54) is 6.21 Å². The van der Waals surface area contributed by atoms with E-state index in [4.69, 9.17) is 27.6 Å². The Morgan fingerprint density at radius 1 is 0.943 bits per heavy atom. The van der Waals surface area contributed by atoms with Crippen LogP contribution in [0.3, 0.4) is 0 Å².